The zero-order valence-electron chi connectivity index (χ0n) is 14.8. The van der Waals surface area contributed by atoms with Gasteiger partial charge in [0.15, 0.2) is 5.82 Å². The molecule has 2 aromatic rings. The van der Waals surface area contributed by atoms with Crippen molar-refractivity contribution < 1.29 is 19.2 Å². The topological polar surface area (TPSA) is 109 Å². The van der Waals surface area contributed by atoms with E-state index in [-0.39, 0.29) is 17.9 Å². The number of amides is 2. The molecule has 8 heteroatoms. The summed E-state index contributed by atoms with van der Waals surface area (Å²) in [5, 5.41) is 15.8. The van der Waals surface area contributed by atoms with Gasteiger partial charge in [0.25, 0.3) is 5.89 Å². The normalized spacial score (nSPS) is 15.3. The first-order valence-electron chi connectivity index (χ1n) is 8.67. The number of anilines is 1. The number of carboxylic acid groups (broad SMARTS) is 1. The maximum absolute atomic E-state index is 12.3. The molecule has 0 atom stereocenters. The van der Waals surface area contributed by atoms with Crippen molar-refractivity contribution in [1.29, 1.82) is 0 Å². The Morgan fingerprint density at radius 3 is 2.42 bits per heavy atom. The van der Waals surface area contributed by atoms with Gasteiger partial charge in [-0.3, -0.25) is 4.79 Å². The number of piperidine rings is 1. The average Bonchev–Trinajstić information content (AvgIpc) is 3.13. The number of nitrogens with one attached hydrogen (secondary N) is 1. The zero-order valence-corrected chi connectivity index (χ0v) is 14.8. The maximum Gasteiger partial charge on any atom is 0.321 e. The Balaban J connectivity index is 1.59. The Morgan fingerprint density at radius 1 is 1.23 bits per heavy atom. The van der Waals surface area contributed by atoms with E-state index in [1.54, 1.807) is 17.0 Å². The molecule has 26 heavy (non-hydrogen) atoms. The lowest BCUT2D eigenvalue weighted by molar-refractivity contribution is -0.143. The predicted molar refractivity (Wildman–Crippen MR) is 94.8 cm³/mol. The second-order valence-corrected chi connectivity index (χ2v) is 6.72. The Hall–Kier alpha value is -2.90. The summed E-state index contributed by atoms with van der Waals surface area (Å²) in [6, 6.07) is 6.95. The molecule has 1 aromatic carbocycles. The van der Waals surface area contributed by atoms with E-state index in [9.17, 15) is 9.59 Å². The number of aliphatic carboxylic acids is 1. The Labute approximate surface area is 151 Å². The molecule has 0 radical (unpaired) electrons. The molecule has 2 N–H and O–H groups in total. The van der Waals surface area contributed by atoms with Crippen LogP contribution in [0.3, 0.4) is 0 Å². The predicted octanol–water partition coefficient (Wildman–Crippen LogP) is 3.19. The molecule has 0 saturated carbocycles. The molecular formula is C18H22N4O4. The van der Waals surface area contributed by atoms with Gasteiger partial charge in [0.2, 0.25) is 0 Å². The molecule has 2 amide bonds. The van der Waals surface area contributed by atoms with E-state index in [1.807, 2.05) is 26.0 Å². The van der Waals surface area contributed by atoms with E-state index in [0.29, 0.717) is 43.3 Å². The van der Waals surface area contributed by atoms with Gasteiger partial charge < -0.3 is 19.8 Å². The van der Waals surface area contributed by atoms with Crippen LogP contribution in [0.25, 0.3) is 11.5 Å². The highest BCUT2D eigenvalue weighted by Gasteiger charge is 2.27. The van der Waals surface area contributed by atoms with Crippen LogP contribution in [0.4, 0.5) is 10.5 Å². The van der Waals surface area contributed by atoms with Crippen molar-refractivity contribution in [2.75, 3.05) is 18.4 Å². The summed E-state index contributed by atoms with van der Waals surface area (Å²) in [7, 11) is 0. The molecule has 0 unspecified atom stereocenters. The van der Waals surface area contributed by atoms with Gasteiger partial charge in [-0.2, -0.15) is 4.98 Å². The first kappa shape index (κ1) is 17.9. The first-order valence-corrected chi connectivity index (χ1v) is 8.67. The van der Waals surface area contributed by atoms with Gasteiger partial charge in [-0.25, -0.2) is 4.79 Å². The largest absolute Gasteiger partial charge is 0.481 e. The van der Waals surface area contributed by atoms with Crippen molar-refractivity contribution in [3.05, 3.63) is 30.1 Å². The number of nitrogens with zero attached hydrogens (tertiary/aromatic N) is 3. The smallest absolute Gasteiger partial charge is 0.321 e. The summed E-state index contributed by atoms with van der Waals surface area (Å²) in [4.78, 5) is 29.3. The highest BCUT2D eigenvalue weighted by Crippen LogP contribution is 2.23. The molecule has 8 nitrogen and oxygen atoms in total. The number of carboxylic acids is 1. The minimum atomic E-state index is -0.790. The summed E-state index contributed by atoms with van der Waals surface area (Å²) in [6.45, 7) is 4.88. The van der Waals surface area contributed by atoms with E-state index < -0.39 is 5.97 Å². The minimum absolute atomic E-state index is 0.191. The maximum atomic E-state index is 12.3. The van der Waals surface area contributed by atoms with Crippen LogP contribution in [0.5, 0.6) is 0 Å². The average molecular weight is 358 g/mol. The van der Waals surface area contributed by atoms with Crippen LogP contribution < -0.4 is 5.32 Å². The number of benzene rings is 1. The number of carbonyl (C=O) groups excluding carboxylic acids is 1. The van der Waals surface area contributed by atoms with Crippen LogP contribution in [0.1, 0.15) is 38.4 Å². The quantitative estimate of drug-likeness (QED) is 0.869. The van der Waals surface area contributed by atoms with Crippen molar-refractivity contribution in [1.82, 2.24) is 15.0 Å². The SMILES string of the molecule is CC(C)c1noc(-c2ccc(NC(=O)N3CCC(C(=O)O)CC3)cc2)n1. The zero-order chi connectivity index (χ0) is 18.7. The van der Waals surface area contributed by atoms with Gasteiger partial charge in [-0.15, -0.1) is 0 Å². The van der Waals surface area contributed by atoms with Gasteiger partial charge in [0.1, 0.15) is 0 Å². The third-order valence-electron chi connectivity index (χ3n) is 4.47. The monoisotopic (exact) mass is 358 g/mol. The molecular weight excluding hydrogens is 336 g/mol. The number of aromatic nitrogens is 2. The van der Waals surface area contributed by atoms with Crippen molar-refractivity contribution >= 4 is 17.7 Å². The third kappa shape index (κ3) is 4.01. The highest BCUT2D eigenvalue weighted by molar-refractivity contribution is 5.89. The van der Waals surface area contributed by atoms with Gasteiger partial charge >= 0.3 is 12.0 Å². The molecule has 3 rings (SSSR count). The minimum Gasteiger partial charge on any atom is -0.481 e. The molecule has 1 aliphatic rings. The molecule has 0 aliphatic carbocycles. The van der Waals surface area contributed by atoms with E-state index >= 15 is 0 Å². The summed E-state index contributed by atoms with van der Waals surface area (Å²) in [5.41, 5.74) is 1.44. The van der Waals surface area contributed by atoms with E-state index in [2.05, 4.69) is 15.5 Å². The summed E-state index contributed by atoms with van der Waals surface area (Å²) < 4.78 is 5.25. The fourth-order valence-corrected chi connectivity index (χ4v) is 2.81. The Bertz CT molecular complexity index is 777. The van der Waals surface area contributed by atoms with Crippen molar-refractivity contribution in [2.45, 2.75) is 32.6 Å². The van der Waals surface area contributed by atoms with Crippen LogP contribution in [0.2, 0.25) is 0 Å². The molecule has 138 valence electrons. The molecule has 0 spiro atoms. The number of hydrogen-bond acceptors (Lipinski definition) is 5. The van der Waals surface area contributed by atoms with E-state index in [1.165, 1.54) is 0 Å². The van der Waals surface area contributed by atoms with E-state index in [4.69, 9.17) is 9.63 Å². The molecule has 1 aliphatic heterocycles. The standard InChI is InChI=1S/C18H22N4O4/c1-11(2)15-20-16(26-21-15)12-3-5-14(6-4-12)19-18(25)22-9-7-13(8-10-22)17(23)24/h3-6,11,13H,7-10H2,1-2H3,(H,19,25)(H,23,24). The van der Waals surface area contributed by atoms with Gasteiger partial charge in [0, 0.05) is 30.3 Å². The Morgan fingerprint density at radius 2 is 1.88 bits per heavy atom. The number of likely N-dealkylation sites (tertiary alicyclic amines) is 1. The van der Waals surface area contributed by atoms with Crippen LogP contribution in [0, 0.1) is 5.92 Å². The van der Waals surface area contributed by atoms with Gasteiger partial charge in [-0.1, -0.05) is 19.0 Å². The lowest BCUT2D eigenvalue weighted by atomic mass is 9.97. The summed E-state index contributed by atoms with van der Waals surface area (Å²) in [6.07, 6.45) is 0.966. The fraction of sp³-hybridized carbons (Fsp3) is 0.444. The molecule has 1 fully saturated rings. The van der Waals surface area contributed by atoms with Crippen LogP contribution in [0.15, 0.2) is 28.8 Å². The van der Waals surface area contributed by atoms with Crippen LogP contribution >= 0.6 is 0 Å². The molecule has 0 bridgehead atoms. The summed E-state index contributed by atoms with van der Waals surface area (Å²) >= 11 is 0. The van der Waals surface area contributed by atoms with Gasteiger partial charge in [-0.05, 0) is 37.1 Å². The van der Waals surface area contributed by atoms with Crippen molar-refractivity contribution in [2.24, 2.45) is 5.92 Å². The van der Waals surface area contributed by atoms with Crippen LogP contribution in [-0.4, -0.2) is 45.2 Å². The number of hydrogen-bond donors (Lipinski definition) is 2. The number of carbonyl (C=O) groups is 2. The second kappa shape index (κ2) is 7.55. The van der Waals surface area contributed by atoms with Crippen molar-refractivity contribution in [3.63, 3.8) is 0 Å². The van der Waals surface area contributed by atoms with Crippen LogP contribution in [-0.2, 0) is 4.79 Å². The van der Waals surface area contributed by atoms with E-state index in [0.717, 1.165) is 5.56 Å². The lowest BCUT2D eigenvalue weighted by Crippen LogP contribution is -2.42. The number of urea groups is 1. The molecule has 1 saturated heterocycles. The molecule has 2 heterocycles. The Kier molecular flexibility index (Phi) is 5.20. The summed E-state index contributed by atoms with van der Waals surface area (Å²) in [5.74, 6) is 0.145. The first-order chi connectivity index (χ1) is 12.4. The lowest BCUT2D eigenvalue weighted by Gasteiger charge is -2.30. The number of rotatable bonds is 4. The molecule has 1 aromatic heterocycles. The highest BCUT2D eigenvalue weighted by atomic mass is 16.5. The fourth-order valence-electron chi connectivity index (χ4n) is 2.81. The third-order valence-corrected chi connectivity index (χ3v) is 4.47. The van der Waals surface area contributed by atoms with Crippen molar-refractivity contribution in [3.8, 4) is 11.5 Å². The van der Waals surface area contributed by atoms with Gasteiger partial charge in [0.05, 0.1) is 5.92 Å². The second-order valence-electron chi connectivity index (χ2n) is 6.72.